The summed E-state index contributed by atoms with van der Waals surface area (Å²) in [4.78, 5) is 14.0. The van der Waals surface area contributed by atoms with Gasteiger partial charge in [0.15, 0.2) is 5.69 Å². The quantitative estimate of drug-likeness (QED) is 0.611. The molecule has 0 unspecified atom stereocenters. The molecule has 0 saturated carbocycles. The summed E-state index contributed by atoms with van der Waals surface area (Å²) in [6.45, 7) is -0.246. The Morgan fingerprint density at radius 2 is 2.45 bits per heavy atom. The highest BCUT2D eigenvalue weighted by Gasteiger charge is 2.09. The first kappa shape index (κ1) is 7.74. The van der Waals surface area contributed by atoms with Gasteiger partial charge in [0.2, 0.25) is 0 Å². The van der Waals surface area contributed by atoms with Gasteiger partial charge in [0.1, 0.15) is 12.4 Å². The maximum Gasteiger partial charge on any atom is 0.356 e. The summed E-state index contributed by atoms with van der Waals surface area (Å²) in [5.74, 6) is -0.734. The summed E-state index contributed by atoms with van der Waals surface area (Å²) in [7, 11) is 1.63. The van der Waals surface area contributed by atoms with E-state index in [9.17, 15) is 4.79 Å². The van der Waals surface area contributed by atoms with Crippen LogP contribution in [0, 0.1) is 0 Å². The number of carbonyl (C=O) groups is 1. The van der Waals surface area contributed by atoms with Gasteiger partial charge in [-0.25, -0.2) is 9.78 Å². The Hall–Kier alpha value is -1.36. The van der Waals surface area contributed by atoms with E-state index in [1.54, 1.807) is 7.05 Å². The molecule has 0 bridgehead atoms. The molecule has 11 heavy (non-hydrogen) atoms. The second-order valence-electron chi connectivity index (χ2n) is 2.12. The van der Waals surface area contributed by atoms with Crippen molar-refractivity contribution in [1.82, 2.24) is 9.55 Å². The maximum atomic E-state index is 10.3. The first-order valence-electron chi connectivity index (χ1n) is 3.01. The number of aryl methyl sites for hydroxylation is 1. The fraction of sp³-hybridized carbons (Fsp3) is 0.333. The van der Waals surface area contributed by atoms with Crippen molar-refractivity contribution in [2.45, 2.75) is 6.61 Å². The SMILES string of the molecule is Cn1cc(C(=O)O)nc1CO. The molecule has 1 rings (SSSR count). The van der Waals surface area contributed by atoms with Crippen LogP contribution in [-0.4, -0.2) is 25.7 Å². The van der Waals surface area contributed by atoms with E-state index in [4.69, 9.17) is 10.2 Å². The highest BCUT2D eigenvalue weighted by Crippen LogP contribution is 2.00. The summed E-state index contributed by atoms with van der Waals surface area (Å²) < 4.78 is 1.48. The van der Waals surface area contributed by atoms with Crippen molar-refractivity contribution in [2.24, 2.45) is 7.05 Å². The summed E-state index contributed by atoms with van der Waals surface area (Å²) in [5, 5.41) is 17.1. The Morgan fingerprint density at radius 3 is 2.73 bits per heavy atom. The monoisotopic (exact) mass is 156 g/mol. The van der Waals surface area contributed by atoms with Crippen LogP contribution in [0.5, 0.6) is 0 Å². The van der Waals surface area contributed by atoms with E-state index in [1.807, 2.05) is 0 Å². The van der Waals surface area contributed by atoms with Crippen LogP contribution in [0.4, 0.5) is 0 Å². The predicted octanol–water partition coefficient (Wildman–Crippen LogP) is -0.389. The zero-order valence-corrected chi connectivity index (χ0v) is 5.98. The van der Waals surface area contributed by atoms with Gasteiger partial charge in [-0.3, -0.25) is 0 Å². The normalized spacial score (nSPS) is 10.0. The minimum absolute atomic E-state index is 0.0449. The molecule has 0 saturated heterocycles. The van der Waals surface area contributed by atoms with Gasteiger partial charge >= 0.3 is 5.97 Å². The number of carboxylic acids is 1. The van der Waals surface area contributed by atoms with Crippen LogP contribution in [-0.2, 0) is 13.7 Å². The Balaban J connectivity index is 3.05. The third kappa shape index (κ3) is 1.38. The van der Waals surface area contributed by atoms with Gasteiger partial charge in [0, 0.05) is 13.2 Å². The molecule has 0 spiro atoms. The van der Waals surface area contributed by atoms with Crippen LogP contribution in [0.2, 0.25) is 0 Å². The van der Waals surface area contributed by atoms with Crippen molar-refractivity contribution < 1.29 is 15.0 Å². The largest absolute Gasteiger partial charge is 0.476 e. The third-order valence-electron chi connectivity index (χ3n) is 1.33. The fourth-order valence-corrected chi connectivity index (χ4v) is 0.755. The zero-order valence-electron chi connectivity index (χ0n) is 5.98. The average Bonchev–Trinajstić information content (AvgIpc) is 2.31. The molecule has 1 aromatic heterocycles. The van der Waals surface area contributed by atoms with Crippen molar-refractivity contribution in [3.63, 3.8) is 0 Å². The van der Waals surface area contributed by atoms with Crippen LogP contribution in [0.25, 0.3) is 0 Å². The van der Waals surface area contributed by atoms with Gasteiger partial charge < -0.3 is 14.8 Å². The van der Waals surface area contributed by atoms with Gasteiger partial charge in [-0.15, -0.1) is 0 Å². The second kappa shape index (κ2) is 2.71. The molecule has 5 nitrogen and oxygen atoms in total. The third-order valence-corrected chi connectivity index (χ3v) is 1.33. The first-order valence-corrected chi connectivity index (χ1v) is 3.01. The number of hydrogen-bond donors (Lipinski definition) is 2. The van der Waals surface area contributed by atoms with Crippen LogP contribution in [0.15, 0.2) is 6.20 Å². The number of aliphatic hydroxyl groups excluding tert-OH is 1. The average molecular weight is 156 g/mol. The molecule has 2 N–H and O–H groups in total. The summed E-state index contributed by atoms with van der Waals surface area (Å²) >= 11 is 0. The van der Waals surface area contributed by atoms with Gasteiger partial charge in [-0.1, -0.05) is 0 Å². The van der Waals surface area contributed by atoms with Crippen molar-refractivity contribution in [3.05, 3.63) is 17.7 Å². The molecular weight excluding hydrogens is 148 g/mol. The standard InChI is InChI=1S/C6H8N2O3/c1-8-2-4(6(10)11)7-5(8)3-9/h2,9H,3H2,1H3,(H,10,11). The molecule has 0 atom stereocenters. The lowest BCUT2D eigenvalue weighted by Crippen LogP contribution is -1.96. The van der Waals surface area contributed by atoms with Crippen molar-refractivity contribution >= 4 is 5.97 Å². The lowest BCUT2D eigenvalue weighted by atomic mass is 10.5. The number of aromatic nitrogens is 2. The van der Waals surface area contributed by atoms with Gasteiger partial charge in [0.25, 0.3) is 0 Å². The van der Waals surface area contributed by atoms with Gasteiger partial charge in [-0.05, 0) is 0 Å². The van der Waals surface area contributed by atoms with Gasteiger partial charge in [0.05, 0.1) is 0 Å². The Bertz CT molecular complexity index is 279. The van der Waals surface area contributed by atoms with E-state index >= 15 is 0 Å². The summed E-state index contributed by atoms with van der Waals surface area (Å²) in [6.07, 6.45) is 1.36. The molecular formula is C6H8N2O3. The number of aromatic carboxylic acids is 1. The molecule has 0 aliphatic heterocycles. The Morgan fingerprint density at radius 1 is 1.82 bits per heavy atom. The van der Waals surface area contributed by atoms with Crippen molar-refractivity contribution in [1.29, 1.82) is 0 Å². The van der Waals surface area contributed by atoms with Crippen LogP contribution >= 0.6 is 0 Å². The fourth-order valence-electron chi connectivity index (χ4n) is 0.755. The number of imidazole rings is 1. The number of hydrogen-bond acceptors (Lipinski definition) is 3. The molecule has 1 heterocycles. The smallest absolute Gasteiger partial charge is 0.356 e. The van der Waals surface area contributed by atoms with E-state index < -0.39 is 5.97 Å². The van der Waals surface area contributed by atoms with Crippen LogP contribution < -0.4 is 0 Å². The van der Waals surface area contributed by atoms with E-state index in [-0.39, 0.29) is 12.3 Å². The molecule has 60 valence electrons. The minimum atomic E-state index is -1.08. The molecule has 1 aromatic rings. The number of carboxylic acid groups (broad SMARTS) is 1. The van der Waals surface area contributed by atoms with Crippen molar-refractivity contribution in [2.75, 3.05) is 0 Å². The molecule has 0 aliphatic rings. The topological polar surface area (TPSA) is 75.4 Å². The number of aliphatic hydroxyl groups is 1. The molecule has 0 fully saturated rings. The van der Waals surface area contributed by atoms with E-state index in [0.29, 0.717) is 5.82 Å². The van der Waals surface area contributed by atoms with Gasteiger partial charge in [-0.2, -0.15) is 0 Å². The van der Waals surface area contributed by atoms with Crippen LogP contribution in [0.3, 0.4) is 0 Å². The molecule has 0 aliphatic carbocycles. The molecule has 0 aromatic carbocycles. The minimum Gasteiger partial charge on any atom is -0.476 e. The van der Waals surface area contributed by atoms with Crippen LogP contribution in [0.1, 0.15) is 16.3 Å². The van der Waals surface area contributed by atoms with Crippen molar-refractivity contribution in [3.8, 4) is 0 Å². The molecule has 5 heteroatoms. The zero-order chi connectivity index (χ0) is 8.43. The summed E-state index contributed by atoms with van der Waals surface area (Å²) in [5.41, 5.74) is -0.0449. The Kier molecular flexibility index (Phi) is 1.91. The highest BCUT2D eigenvalue weighted by molar-refractivity contribution is 5.85. The number of rotatable bonds is 2. The lowest BCUT2D eigenvalue weighted by molar-refractivity contribution is 0.0690. The van der Waals surface area contributed by atoms with E-state index in [2.05, 4.69) is 4.98 Å². The highest BCUT2D eigenvalue weighted by atomic mass is 16.4. The maximum absolute atomic E-state index is 10.3. The predicted molar refractivity (Wildman–Crippen MR) is 36.1 cm³/mol. The summed E-state index contributed by atoms with van der Waals surface area (Å²) in [6, 6.07) is 0. The molecule has 0 amide bonds. The lowest BCUT2D eigenvalue weighted by Gasteiger charge is -1.92. The second-order valence-corrected chi connectivity index (χ2v) is 2.12. The molecule has 0 radical (unpaired) electrons. The number of nitrogens with zero attached hydrogens (tertiary/aromatic N) is 2. The van der Waals surface area contributed by atoms with E-state index in [1.165, 1.54) is 10.8 Å². The van der Waals surface area contributed by atoms with E-state index in [0.717, 1.165) is 0 Å². The Labute approximate surface area is 62.9 Å². The first-order chi connectivity index (χ1) is 5.15.